The van der Waals surface area contributed by atoms with Crippen LogP contribution >= 0.6 is 0 Å². The van der Waals surface area contributed by atoms with E-state index in [0.717, 1.165) is 23.7 Å². The first-order valence-electron chi connectivity index (χ1n) is 7.53. The molecule has 4 bridgehead atoms. The van der Waals surface area contributed by atoms with Crippen LogP contribution in [0.15, 0.2) is 0 Å². The Balaban J connectivity index is 1.64. The van der Waals surface area contributed by atoms with E-state index in [0.29, 0.717) is 11.8 Å². The number of rotatable bonds is 3. The Morgan fingerprint density at radius 1 is 1.00 bits per heavy atom. The minimum atomic E-state index is -0.675. The SMILES string of the molecule is O=C(O)CC1C(CO)C2CC1C1C3CCC(C3)C21. The van der Waals surface area contributed by atoms with Crippen molar-refractivity contribution in [1.82, 2.24) is 0 Å². The van der Waals surface area contributed by atoms with Gasteiger partial charge in [-0.2, -0.15) is 0 Å². The van der Waals surface area contributed by atoms with Crippen LogP contribution in [0.3, 0.4) is 0 Å². The average Bonchev–Trinajstić information content (AvgIpc) is 3.05. The van der Waals surface area contributed by atoms with Crippen molar-refractivity contribution in [3.63, 3.8) is 0 Å². The minimum Gasteiger partial charge on any atom is -0.481 e. The van der Waals surface area contributed by atoms with E-state index in [4.69, 9.17) is 5.11 Å². The highest BCUT2D eigenvalue weighted by Crippen LogP contribution is 2.70. The molecule has 4 rings (SSSR count). The summed E-state index contributed by atoms with van der Waals surface area (Å²) < 4.78 is 0. The highest BCUT2D eigenvalue weighted by Gasteiger charge is 2.65. The van der Waals surface area contributed by atoms with Crippen molar-refractivity contribution in [1.29, 1.82) is 0 Å². The van der Waals surface area contributed by atoms with Gasteiger partial charge in [0, 0.05) is 13.0 Å². The predicted octanol–water partition coefficient (Wildman–Crippen LogP) is 2.00. The third kappa shape index (κ3) is 1.26. The number of hydrogen-bond donors (Lipinski definition) is 2. The van der Waals surface area contributed by atoms with Gasteiger partial charge in [-0.05, 0) is 73.0 Å². The average molecular weight is 250 g/mol. The Morgan fingerprint density at radius 2 is 1.61 bits per heavy atom. The first kappa shape index (κ1) is 11.3. The quantitative estimate of drug-likeness (QED) is 0.753. The molecule has 18 heavy (non-hydrogen) atoms. The van der Waals surface area contributed by atoms with Crippen LogP contribution in [0.4, 0.5) is 0 Å². The molecule has 3 nitrogen and oxygen atoms in total. The van der Waals surface area contributed by atoms with Gasteiger partial charge in [0.15, 0.2) is 0 Å². The number of carbonyl (C=O) groups is 1. The van der Waals surface area contributed by atoms with Crippen molar-refractivity contribution in [2.75, 3.05) is 6.61 Å². The van der Waals surface area contributed by atoms with Gasteiger partial charge in [-0.3, -0.25) is 4.79 Å². The lowest BCUT2D eigenvalue weighted by atomic mass is 9.63. The molecule has 4 saturated carbocycles. The second-order valence-corrected chi connectivity index (χ2v) is 7.16. The summed E-state index contributed by atoms with van der Waals surface area (Å²) in [5.74, 6) is 4.60. The third-order valence-corrected chi connectivity index (χ3v) is 6.85. The fourth-order valence-electron chi connectivity index (χ4n) is 6.61. The van der Waals surface area contributed by atoms with Crippen LogP contribution in [0.25, 0.3) is 0 Å². The number of hydrogen-bond acceptors (Lipinski definition) is 2. The van der Waals surface area contributed by atoms with Gasteiger partial charge in [0.25, 0.3) is 0 Å². The van der Waals surface area contributed by atoms with Crippen LogP contribution in [0.2, 0.25) is 0 Å². The van der Waals surface area contributed by atoms with Gasteiger partial charge in [0.2, 0.25) is 0 Å². The maximum absolute atomic E-state index is 11.1. The van der Waals surface area contributed by atoms with E-state index in [1.807, 2.05) is 0 Å². The molecule has 8 unspecified atom stereocenters. The zero-order chi connectivity index (χ0) is 12.4. The molecule has 0 amide bonds. The van der Waals surface area contributed by atoms with Crippen LogP contribution in [-0.2, 0) is 4.79 Å². The van der Waals surface area contributed by atoms with E-state index in [-0.39, 0.29) is 24.9 Å². The normalized spacial score (nSPS) is 56.1. The van der Waals surface area contributed by atoms with Crippen LogP contribution in [0.1, 0.15) is 32.1 Å². The van der Waals surface area contributed by atoms with Crippen LogP contribution in [-0.4, -0.2) is 22.8 Å². The Bertz CT molecular complexity index is 380. The lowest BCUT2D eigenvalue weighted by molar-refractivity contribution is -0.140. The van der Waals surface area contributed by atoms with Crippen molar-refractivity contribution in [2.24, 2.45) is 47.3 Å². The summed E-state index contributed by atoms with van der Waals surface area (Å²) in [6.07, 6.45) is 5.69. The van der Waals surface area contributed by atoms with Crippen molar-refractivity contribution in [2.45, 2.75) is 32.1 Å². The van der Waals surface area contributed by atoms with E-state index >= 15 is 0 Å². The maximum atomic E-state index is 11.1. The Kier molecular flexibility index (Phi) is 2.33. The Hall–Kier alpha value is -0.570. The molecule has 4 fully saturated rings. The smallest absolute Gasteiger partial charge is 0.303 e. The third-order valence-electron chi connectivity index (χ3n) is 6.85. The Labute approximate surface area is 108 Å². The number of carboxylic acid groups (broad SMARTS) is 1. The molecule has 0 aromatic heterocycles. The van der Waals surface area contributed by atoms with Crippen LogP contribution in [0.5, 0.6) is 0 Å². The molecule has 8 atom stereocenters. The van der Waals surface area contributed by atoms with Crippen molar-refractivity contribution in [3.8, 4) is 0 Å². The van der Waals surface area contributed by atoms with E-state index < -0.39 is 5.97 Å². The van der Waals surface area contributed by atoms with Crippen molar-refractivity contribution >= 4 is 5.97 Å². The minimum absolute atomic E-state index is 0.208. The molecular weight excluding hydrogens is 228 g/mol. The van der Waals surface area contributed by atoms with Gasteiger partial charge in [0.05, 0.1) is 0 Å². The van der Waals surface area contributed by atoms with Crippen LogP contribution in [0, 0.1) is 47.3 Å². The summed E-state index contributed by atoms with van der Waals surface area (Å²) in [7, 11) is 0. The molecular formula is C15H22O3. The summed E-state index contributed by atoms with van der Waals surface area (Å²) in [5, 5.41) is 18.8. The zero-order valence-electron chi connectivity index (χ0n) is 10.7. The molecule has 0 saturated heterocycles. The highest BCUT2D eigenvalue weighted by atomic mass is 16.4. The standard InChI is InChI=1S/C15H22O3/c16-6-12-9(5-13(17)18)10-4-11(12)15-8-2-1-7(3-8)14(10)15/h7-12,14-16H,1-6H2,(H,17,18). The van der Waals surface area contributed by atoms with E-state index in [2.05, 4.69) is 0 Å². The molecule has 3 heteroatoms. The zero-order valence-corrected chi connectivity index (χ0v) is 10.7. The van der Waals surface area contributed by atoms with E-state index in [9.17, 15) is 9.90 Å². The number of fused-ring (bicyclic) bond motifs is 9. The summed E-state index contributed by atoms with van der Waals surface area (Å²) in [4.78, 5) is 11.1. The van der Waals surface area contributed by atoms with Crippen molar-refractivity contribution in [3.05, 3.63) is 0 Å². The van der Waals surface area contributed by atoms with E-state index in [1.165, 1.54) is 25.7 Å². The summed E-state index contributed by atoms with van der Waals surface area (Å²) in [6.45, 7) is 0.208. The topological polar surface area (TPSA) is 57.5 Å². The lowest BCUT2D eigenvalue weighted by Crippen LogP contribution is -2.40. The molecule has 0 spiro atoms. The summed E-state index contributed by atoms with van der Waals surface area (Å²) >= 11 is 0. The first-order chi connectivity index (χ1) is 8.70. The number of carboxylic acids is 1. The van der Waals surface area contributed by atoms with Crippen LogP contribution < -0.4 is 0 Å². The number of aliphatic hydroxyl groups is 1. The fourth-order valence-corrected chi connectivity index (χ4v) is 6.61. The molecule has 100 valence electrons. The van der Waals surface area contributed by atoms with Crippen molar-refractivity contribution < 1.29 is 15.0 Å². The molecule has 0 aromatic carbocycles. The highest BCUT2D eigenvalue weighted by molar-refractivity contribution is 5.67. The molecule has 0 aliphatic heterocycles. The van der Waals surface area contributed by atoms with Gasteiger partial charge < -0.3 is 10.2 Å². The largest absolute Gasteiger partial charge is 0.481 e. The molecule has 0 heterocycles. The first-order valence-corrected chi connectivity index (χ1v) is 7.53. The van der Waals surface area contributed by atoms with E-state index in [1.54, 1.807) is 0 Å². The monoisotopic (exact) mass is 250 g/mol. The summed E-state index contributed by atoms with van der Waals surface area (Å²) in [6, 6.07) is 0. The second kappa shape index (κ2) is 3.72. The fraction of sp³-hybridized carbons (Fsp3) is 0.933. The van der Waals surface area contributed by atoms with Gasteiger partial charge >= 0.3 is 5.97 Å². The predicted molar refractivity (Wildman–Crippen MR) is 65.7 cm³/mol. The van der Waals surface area contributed by atoms with Gasteiger partial charge in [0.1, 0.15) is 0 Å². The van der Waals surface area contributed by atoms with Gasteiger partial charge in [-0.25, -0.2) is 0 Å². The number of aliphatic carboxylic acids is 1. The molecule has 0 radical (unpaired) electrons. The lowest BCUT2D eigenvalue weighted by Gasteiger charge is -2.42. The molecule has 4 aliphatic carbocycles. The molecule has 4 aliphatic rings. The Morgan fingerprint density at radius 3 is 2.17 bits per heavy atom. The van der Waals surface area contributed by atoms with Gasteiger partial charge in [-0.15, -0.1) is 0 Å². The molecule has 2 N–H and O–H groups in total. The number of aliphatic hydroxyl groups excluding tert-OH is 1. The summed E-state index contributed by atoms with van der Waals surface area (Å²) in [5.41, 5.74) is 0. The second-order valence-electron chi connectivity index (χ2n) is 7.16. The molecule has 0 aromatic rings. The maximum Gasteiger partial charge on any atom is 0.303 e. The van der Waals surface area contributed by atoms with Gasteiger partial charge in [-0.1, -0.05) is 0 Å².